The van der Waals surface area contributed by atoms with Crippen molar-refractivity contribution in [3.05, 3.63) is 59.9 Å². The number of hydrogen-bond donors (Lipinski definition) is 4. The first kappa shape index (κ1) is 27.4. The molecule has 2 rings (SSSR count). The summed E-state index contributed by atoms with van der Waals surface area (Å²) < 4.78 is 40.9. The molecule has 2 amide bonds. The Morgan fingerprint density at radius 3 is 2.15 bits per heavy atom. The van der Waals surface area contributed by atoms with Crippen molar-refractivity contribution in [3.63, 3.8) is 0 Å². The van der Waals surface area contributed by atoms with E-state index in [1.54, 1.807) is 13.8 Å². The van der Waals surface area contributed by atoms with Crippen molar-refractivity contribution in [3.8, 4) is 0 Å². The van der Waals surface area contributed by atoms with Gasteiger partial charge in [-0.05, 0) is 81.1 Å². The quantitative estimate of drug-likeness (QED) is 0.383. The highest BCUT2D eigenvalue weighted by Gasteiger charge is 2.26. The van der Waals surface area contributed by atoms with Crippen molar-refractivity contribution < 1.29 is 27.5 Å². The predicted molar refractivity (Wildman–Crippen MR) is 128 cm³/mol. The Bertz CT molecular complexity index is 1080. The van der Waals surface area contributed by atoms with Gasteiger partial charge in [-0.2, -0.15) is 0 Å². The highest BCUT2D eigenvalue weighted by molar-refractivity contribution is 7.89. The Morgan fingerprint density at radius 1 is 1.03 bits per heavy atom. The van der Waals surface area contributed by atoms with Crippen LogP contribution in [0.25, 0.3) is 0 Å². The van der Waals surface area contributed by atoms with Crippen LogP contribution in [0.4, 0.5) is 10.1 Å². The van der Waals surface area contributed by atoms with Gasteiger partial charge in [-0.3, -0.25) is 9.59 Å². The van der Waals surface area contributed by atoms with Crippen LogP contribution in [-0.2, 0) is 14.8 Å². The Hall–Kier alpha value is -2.82. The molecule has 2 aromatic carbocycles. The van der Waals surface area contributed by atoms with E-state index in [4.69, 9.17) is 5.11 Å². The lowest BCUT2D eigenvalue weighted by Gasteiger charge is -2.25. The van der Waals surface area contributed by atoms with E-state index in [1.165, 1.54) is 48.5 Å². The molecule has 0 aromatic heterocycles. The molecule has 0 heterocycles. The second-order valence-corrected chi connectivity index (χ2v) is 10.8. The number of amides is 2. The molecule has 4 N–H and O–H groups in total. The zero-order valence-electron chi connectivity index (χ0n) is 19.8. The maximum atomic E-state index is 13.1. The third-order valence-corrected chi connectivity index (χ3v) is 6.73. The average molecular weight is 494 g/mol. The molecule has 8 nitrogen and oxygen atoms in total. The molecule has 0 saturated carbocycles. The maximum Gasteiger partial charge on any atom is 0.251 e. The molecule has 0 spiro atoms. The van der Waals surface area contributed by atoms with Crippen LogP contribution in [-0.4, -0.2) is 43.5 Å². The van der Waals surface area contributed by atoms with Gasteiger partial charge in [-0.25, -0.2) is 17.5 Å². The lowest BCUT2D eigenvalue weighted by Crippen LogP contribution is -2.44. The van der Waals surface area contributed by atoms with E-state index in [-0.39, 0.29) is 29.4 Å². The van der Waals surface area contributed by atoms with E-state index in [9.17, 15) is 22.4 Å². The van der Waals surface area contributed by atoms with E-state index in [0.29, 0.717) is 12.1 Å². The Labute approximate surface area is 200 Å². The standard InChI is InChI=1S/C24H32FN3O5S/c1-16(2)15-21(27-22(30)17-5-7-18(25)8-6-17)23(31)26-19-9-11-20(12-10-19)34(32,33)28-24(3,4)13-14-29/h5-12,16,21,28-29H,13-15H2,1-4H3,(H,26,31)(H,27,30)/t21-/m0/s1. The van der Waals surface area contributed by atoms with Crippen LogP contribution in [0.15, 0.2) is 53.4 Å². The smallest absolute Gasteiger partial charge is 0.251 e. The fourth-order valence-corrected chi connectivity index (χ4v) is 4.69. The largest absolute Gasteiger partial charge is 0.396 e. The fourth-order valence-electron chi connectivity index (χ4n) is 3.25. The van der Waals surface area contributed by atoms with Gasteiger partial charge in [0.1, 0.15) is 11.9 Å². The van der Waals surface area contributed by atoms with Gasteiger partial charge < -0.3 is 15.7 Å². The summed E-state index contributed by atoms with van der Waals surface area (Å²) in [5.74, 6) is -1.32. The summed E-state index contributed by atoms with van der Waals surface area (Å²) in [6, 6.07) is 9.81. The van der Waals surface area contributed by atoms with Crippen LogP contribution in [0.2, 0.25) is 0 Å². The number of carbonyl (C=O) groups is 2. The molecule has 0 fully saturated rings. The molecular formula is C24H32FN3O5S. The van der Waals surface area contributed by atoms with Gasteiger partial charge >= 0.3 is 0 Å². The number of rotatable bonds is 11. The van der Waals surface area contributed by atoms with E-state index >= 15 is 0 Å². The highest BCUT2D eigenvalue weighted by Crippen LogP contribution is 2.19. The highest BCUT2D eigenvalue weighted by atomic mass is 32.2. The minimum absolute atomic E-state index is 0.0138. The summed E-state index contributed by atoms with van der Waals surface area (Å²) in [5.41, 5.74) is -0.231. The summed E-state index contributed by atoms with van der Waals surface area (Å²) in [6.07, 6.45) is 0.621. The molecule has 0 aliphatic rings. The molecule has 0 aliphatic carbocycles. The minimum Gasteiger partial charge on any atom is -0.396 e. The number of aliphatic hydroxyl groups excluding tert-OH is 1. The lowest BCUT2D eigenvalue weighted by molar-refractivity contribution is -0.118. The van der Waals surface area contributed by atoms with Crippen molar-refractivity contribution in [2.24, 2.45) is 5.92 Å². The van der Waals surface area contributed by atoms with Crippen molar-refractivity contribution >= 4 is 27.5 Å². The number of benzene rings is 2. The number of nitrogens with one attached hydrogen (secondary N) is 3. The second kappa shape index (κ2) is 11.5. The monoisotopic (exact) mass is 493 g/mol. The van der Waals surface area contributed by atoms with Crippen LogP contribution >= 0.6 is 0 Å². The number of carbonyl (C=O) groups excluding carboxylic acids is 2. The SMILES string of the molecule is CC(C)C[C@H](NC(=O)c1ccc(F)cc1)C(=O)Nc1ccc(S(=O)(=O)NC(C)(C)CCO)cc1. The van der Waals surface area contributed by atoms with Gasteiger partial charge in [0.25, 0.3) is 5.91 Å². The predicted octanol–water partition coefficient (Wildman–Crippen LogP) is 3.05. The first-order valence-corrected chi connectivity index (χ1v) is 12.4. The van der Waals surface area contributed by atoms with Crippen LogP contribution in [0.1, 0.15) is 50.9 Å². The zero-order chi connectivity index (χ0) is 25.5. The van der Waals surface area contributed by atoms with Gasteiger partial charge in [0.05, 0.1) is 4.90 Å². The van der Waals surface area contributed by atoms with Crippen molar-refractivity contribution in [1.82, 2.24) is 10.0 Å². The van der Waals surface area contributed by atoms with Gasteiger partial charge in [0.2, 0.25) is 15.9 Å². The molecule has 0 saturated heterocycles. The molecule has 10 heteroatoms. The van der Waals surface area contributed by atoms with Crippen LogP contribution in [0.5, 0.6) is 0 Å². The molecule has 0 bridgehead atoms. The molecule has 34 heavy (non-hydrogen) atoms. The van der Waals surface area contributed by atoms with Gasteiger partial charge in [-0.1, -0.05) is 13.8 Å². The molecule has 0 radical (unpaired) electrons. The second-order valence-electron chi connectivity index (χ2n) is 9.14. The van der Waals surface area contributed by atoms with Gasteiger partial charge in [0, 0.05) is 23.4 Å². The van der Waals surface area contributed by atoms with Gasteiger partial charge in [0.15, 0.2) is 0 Å². The summed E-state index contributed by atoms with van der Waals surface area (Å²) in [7, 11) is -3.82. The van der Waals surface area contributed by atoms with Crippen LogP contribution in [0, 0.1) is 11.7 Å². The molecule has 2 aromatic rings. The molecule has 0 unspecified atom stereocenters. The molecule has 1 atom stereocenters. The first-order valence-electron chi connectivity index (χ1n) is 10.9. The normalized spacial score (nSPS) is 12.9. The third kappa shape index (κ3) is 8.19. The minimum atomic E-state index is -3.82. The summed E-state index contributed by atoms with van der Waals surface area (Å²) in [4.78, 5) is 25.4. The topological polar surface area (TPSA) is 125 Å². The number of halogens is 1. The van der Waals surface area contributed by atoms with Gasteiger partial charge in [-0.15, -0.1) is 0 Å². The van der Waals surface area contributed by atoms with Crippen LogP contribution < -0.4 is 15.4 Å². The fraction of sp³-hybridized carbons (Fsp3) is 0.417. The number of aliphatic hydroxyl groups is 1. The van der Waals surface area contributed by atoms with E-state index in [2.05, 4.69) is 15.4 Å². The Balaban J connectivity index is 2.11. The summed E-state index contributed by atoms with van der Waals surface area (Å²) in [6.45, 7) is 7.01. The van der Waals surface area contributed by atoms with E-state index < -0.39 is 39.2 Å². The lowest BCUT2D eigenvalue weighted by atomic mass is 10.0. The first-order chi connectivity index (χ1) is 15.8. The Kier molecular flexibility index (Phi) is 9.31. The number of hydrogen-bond acceptors (Lipinski definition) is 5. The van der Waals surface area contributed by atoms with Crippen molar-refractivity contribution in [2.45, 2.75) is 57.0 Å². The summed E-state index contributed by atoms with van der Waals surface area (Å²) in [5, 5.41) is 14.5. The van der Waals surface area contributed by atoms with Crippen molar-refractivity contribution in [1.29, 1.82) is 0 Å². The molecule has 186 valence electrons. The van der Waals surface area contributed by atoms with E-state index in [0.717, 1.165) is 0 Å². The molecule has 0 aliphatic heterocycles. The Morgan fingerprint density at radius 2 is 1.62 bits per heavy atom. The summed E-state index contributed by atoms with van der Waals surface area (Å²) >= 11 is 0. The van der Waals surface area contributed by atoms with E-state index in [1.807, 2.05) is 13.8 Å². The maximum absolute atomic E-state index is 13.1. The average Bonchev–Trinajstić information content (AvgIpc) is 2.73. The third-order valence-electron chi connectivity index (χ3n) is 5.01. The van der Waals surface area contributed by atoms with Crippen LogP contribution in [0.3, 0.4) is 0 Å². The number of anilines is 1. The number of sulfonamides is 1. The van der Waals surface area contributed by atoms with Crippen molar-refractivity contribution in [2.75, 3.05) is 11.9 Å². The molecular weight excluding hydrogens is 461 g/mol. The zero-order valence-corrected chi connectivity index (χ0v) is 20.6.